The third-order valence-corrected chi connectivity index (χ3v) is 3.33. The first-order valence-electron chi connectivity index (χ1n) is 6.39. The average Bonchev–Trinajstić information content (AvgIpc) is 2.93. The van der Waals surface area contributed by atoms with Crippen LogP contribution in [0.5, 0.6) is 0 Å². The van der Waals surface area contributed by atoms with E-state index in [1.807, 2.05) is 13.0 Å². The zero-order chi connectivity index (χ0) is 15.4. The topological polar surface area (TPSA) is 68.3 Å². The van der Waals surface area contributed by atoms with Gasteiger partial charge in [-0.05, 0) is 25.5 Å². The van der Waals surface area contributed by atoms with Gasteiger partial charge >= 0.3 is 0 Å². The van der Waals surface area contributed by atoms with Gasteiger partial charge in [0.1, 0.15) is 17.3 Å². The number of halogens is 2. The number of rotatable bonds is 6. The Morgan fingerprint density at radius 3 is 2.90 bits per heavy atom. The number of furan rings is 1. The van der Waals surface area contributed by atoms with Crippen molar-refractivity contribution in [1.82, 2.24) is 0 Å². The normalized spacial score (nSPS) is 12.1. The van der Waals surface area contributed by atoms with Crippen LogP contribution in [-0.2, 0) is 6.42 Å². The number of nitrogens with zero attached hydrogens (tertiary/aromatic N) is 1. The minimum Gasteiger partial charge on any atom is -0.469 e. The van der Waals surface area contributed by atoms with Gasteiger partial charge in [0, 0.05) is 24.6 Å². The number of aryl methyl sites for hydroxylation is 1. The van der Waals surface area contributed by atoms with E-state index in [9.17, 15) is 14.5 Å². The van der Waals surface area contributed by atoms with E-state index in [0.29, 0.717) is 12.8 Å². The number of nitro benzene ring substituents is 1. The van der Waals surface area contributed by atoms with E-state index in [4.69, 9.17) is 16.0 Å². The Balaban J connectivity index is 2.07. The molecule has 0 spiro atoms. The molecule has 0 bridgehead atoms. The van der Waals surface area contributed by atoms with E-state index in [1.54, 1.807) is 12.3 Å². The van der Waals surface area contributed by atoms with Crippen molar-refractivity contribution < 1.29 is 13.7 Å². The molecule has 1 aromatic heterocycles. The summed E-state index contributed by atoms with van der Waals surface area (Å²) in [4.78, 5) is 10.4. The minimum atomic E-state index is -0.692. The fourth-order valence-corrected chi connectivity index (χ4v) is 2.11. The third-order valence-electron chi connectivity index (χ3n) is 3.04. The maximum atomic E-state index is 13.5. The molecule has 21 heavy (non-hydrogen) atoms. The first-order valence-corrected chi connectivity index (χ1v) is 6.77. The number of hydrogen-bond donors (Lipinski definition) is 1. The molecule has 5 nitrogen and oxygen atoms in total. The van der Waals surface area contributed by atoms with Gasteiger partial charge in [-0.15, -0.1) is 0 Å². The van der Waals surface area contributed by atoms with Gasteiger partial charge in [-0.25, -0.2) is 4.39 Å². The van der Waals surface area contributed by atoms with E-state index in [1.165, 1.54) is 0 Å². The van der Waals surface area contributed by atoms with Crippen molar-refractivity contribution in [3.8, 4) is 0 Å². The van der Waals surface area contributed by atoms with E-state index >= 15 is 0 Å². The fourth-order valence-electron chi connectivity index (χ4n) is 1.95. The summed E-state index contributed by atoms with van der Waals surface area (Å²) in [7, 11) is 0. The van der Waals surface area contributed by atoms with Crippen LogP contribution in [0.1, 0.15) is 19.1 Å². The van der Waals surface area contributed by atoms with Crippen molar-refractivity contribution in [1.29, 1.82) is 0 Å². The Morgan fingerprint density at radius 1 is 1.52 bits per heavy atom. The summed E-state index contributed by atoms with van der Waals surface area (Å²) in [6, 6.07) is 5.63. The molecule has 7 heteroatoms. The SMILES string of the molecule is CC(CCc1ccco1)Nc1cc(F)c(Cl)cc1[N+](=O)[O-]. The summed E-state index contributed by atoms with van der Waals surface area (Å²) < 4.78 is 18.7. The molecule has 2 aromatic rings. The molecule has 0 saturated carbocycles. The summed E-state index contributed by atoms with van der Waals surface area (Å²) in [5.41, 5.74) is -0.125. The highest BCUT2D eigenvalue weighted by Crippen LogP contribution is 2.31. The largest absolute Gasteiger partial charge is 0.469 e. The van der Waals surface area contributed by atoms with E-state index < -0.39 is 10.7 Å². The van der Waals surface area contributed by atoms with Crippen LogP contribution in [0, 0.1) is 15.9 Å². The van der Waals surface area contributed by atoms with E-state index in [-0.39, 0.29) is 22.4 Å². The molecule has 1 heterocycles. The Labute approximate surface area is 125 Å². The lowest BCUT2D eigenvalue weighted by atomic mass is 10.1. The smallest absolute Gasteiger partial charge is 0.294 e. The predicted molar refractivity (Wildman–Crippen MR) is 78.2 cm³/mol. The minimum absolute atomic E-state index is 0.0885. The van der Waals surface area contributed by atoms with Gasteiger partial charge < -0.3 is 9.73 Å². The summed E-state index contributed by atoms with van der Waals surface area (Å²) in [5.74, 6) is 0.142. The van der Waals surface area contributed by atoms with Crippen LogP contribution >= 0.6 is 11.6 Å². The number of anilines is 1. The number of benzene rings is 1. The first kappa shape index (κ1) is 15.3. The summed E-state index contributed by atoms with van der Waals surface area (Å²) in [6.07, 6.45) is 2.97. The van der Waals surface area contributed by atoms with Crippen LogP contribution in [-0.4, -0.2) is 11.0 Å². The molecule has 112 valence electrons. The van der Waals surface area contributed by atoms with Crippen molar-refractivity contribution in [2.45, 2.75) is 25.8 Å². The standard InChI is InChI=1S/C14H14ClFN2O3/c1-9(4-5-10-3-2-6-21-10)17-13-8-12(16)11(15)7-14(13)18(19)20/h2-3,6-9,17H,4-5H2,1H3. The monoisotopic (exact) mass is 312 g/mol. The van der Waals surface area contributed by atoms with Crippen LogP contribution in [0.4, 0.5) is 15.8 Å². The maximum Gasteiger partial charge on any atom is 0.294 e. The van der Waals surface area contributed by atoms with Gasteiger partial charge in [0.25, 0.3) is 5.69 Å². The molecule has 1 aromatic carbocycles. The molecule has 0 saturated heterocycles. The van der Waals surface area contributed by atoms with Crippen LogP contribution in [0.3, 0.4) is 0 Å². The van der Waals surface area contributed by atoms with E-state index in [2.05, 4.69) is 5.32 Å². The molecular weight excluding hydrogens is 299 g/mol. The lowest BCUT2D eigenvalue weighted by molar-refractivity contribution is -0.384. The predicted octanol–water partition coefficient (Wildman–Crippen LogP) is 4.41. The molecule has 0 aliphatic rings. The fraction of sp³-hybridized carbons (Fsp3) is 0.286. The van der Waals surface area contributed by atoms with Crippen LogP contribution in [0.15, 0.2) is 34.9 Å². The number of nitro groups is 1. The Kier molecular flexibility index (Phi) is 4.80. The van der Waals surface area contributed by atoms with Gasteiger partial charge in [-0.2, -0.15) is 0 Å². The number of nitrogens with one attached hydrogen (secondary N) is 1. The van der Waals surface area contributed by atoms with Crippen molar-refractivity contribution in [3.63, 3.8) is 0 Å². The molecule has 1 unspecified atom stereocenters. The van der Waals surface area contributed by atoms with Gasteiger partial charge in [0.05, 0.1) is 16.2 Å². The first-order chi connectivity index (χ1) is 9.97. The van der Waals surface area contributed by atoms with Gasteiger partial charge in [0.15, 0.2) is 0 Å². The Hall–Kier alpha value is -2.08. The average molecular weight is 313 g/mol. The highest BCUT2D eigenvalue weighted by Gasteiger charge is 2.19. The molecule has 0 amide bonds. The molecule has 2 rings (SSSR count). The molecule has 0 aliphatic heterocycles. The zero-order valence-corrected chi connectivity index (χ0v) is 12.1. The van der Waals surface area contributed by atoms with E-state index in [0.717, 1.165) is 17.9 Å². The number of hydrogen-bond acceptors (Lipinski definition) is 4. The van der Waals surface area contributed by atoms with Crippen molar-refractivity contribution in [3.05, 3.63) is 57.2 Å². The van der Waals surface area contributed by atoms with Crippen molar-refractivity contribution >= 4 is 23.0 Å². The zero-order valence-electron chi connectivity index (χ0n) is 11.3. The van der Waals surface area contributed by atoms with Crippen LogP contribution in [0.2, 0.25) is 5.02 Å². The van der Waals surface area contributed by atoms with Crippen molar-refractivity contribution in [2.75, 3.05) is 5.32 Å². The Morgan fingerprint density at radius 2 is 2.29 bits per heavy atom. The molecule has 1 atom stereocenters. The van der Waals surface area contributed by atoms with Crippen molar-refractivity contribution in [2.24, 2.45) is 0 Å². The second-order valence-electron chi connectivity index (χ2n) is 4.70. The van der Waals surface area contributed by atoms with Gasteiger partial charge in [-0.1, -0.05) is 11.6 Å². The molecule has 0 aliphatic carbocycles. The highest BCUT2D eigenvalue weighted by atomic mass is 35.5. The second kappa shape index (κ2) is 6.58. The third kappa shape index (κ3) is 3.95. The quantitative estimate of drug-likeness (QED) is 0.633. The second-order valence-corrected chi connectivity index (χ2v) is 5.11. The van der Waals surface area contributed by atoms with Crippen LogP contribution in [0.25, 0.3) is 0 Å². The molecule has 0 radical (unpaired) electrons. The lowest BCUT2D eigenvalue weighted by Crippen LogP contribution is -2.17. The maximum absolute atomic E-state index is 13.5. The summed E-state index contributed by atoms with van der Waals surface area (Å²) in [5, 5.41) is 13.7. The van der Waals surface area contributed by atoms with Gasteiger partial charge in [0.2, 0.25) is 0 Å². The van der Waals surface area contributed by atoms with Gasteiger partial charge in [-0.3, -0.25) is 10.1 Å². The molecule has 1 N–H and O–H groups in total. The van der Waals surface area contributed by atoms with Crippen LogP contribution < -0.4 is 5.32 Å². The Bertz CT molecular complexity index is 631. The molecule has 0 fully saturated rings. The molecular formula is C14H14ClFN2O3. The highest BCUT2D eigenvalue weighted by molar-refractivity contribution is 6.31. The summed E-state index contributed by atoms with van der Waals surface area (Å²) >= 11 is 5.58. The summed E-state index contributed by atoms with van der Waals surface area (Å²) in [6.45, 7) is 1.86. The lowest BCUT2D eigenvalue weighted by Gasteiger charge is -2.15.